The maximum atomic E-state index is 5.40. The SMILES string of the molecule is CC1(C)CC(NCc2ccc3c(c2)OCO3)CCN1. The number of hydrogen-bond donors (Lipinski definition) is 2. The summed E-state index contributed by atoms with van der Waals surface area (Å²) in [5, 5.41) is 7.19. The highest BCUT2D eigenvalue weighted by Crippen LogP contribution is 2.32. The number of rotatable bonds is 3. The summed E-state index contributed by atoms with van der Waals surface area (Å²) < 4.78 is 10.7. The highest BCUT2D eigenvalue weighted by molar-refractivity contribution is 5.44. The van der Waals surface area contributed by atoms with E-state index in [1.807, 2.05) is 6.07 Å². The number of piperidine rings is 1. The summed E-state index contributed by atoms with van der Waals surface area (Å²) in [6.07, 6.45) is 2.35. The second-order valence-electron chi connectivity index (χ2n) is 6.07. The Morgan fingerprint density at radius 1 is 1.32 bits per heavy atom. The number of fused-ring (bicyclic) bond motifs is 1. The summed E-state index contributed by atoms with van der Waals surface area (Å²) in [7, 11) is 0. The Balaban J connectivity index is 1.57. The van der Waals surface area contributed by atoms with Crippen LogP contribution in [0.1, 0.15) is 32.3 Å². The molecule has 0 aromatic heterocycles. The first kappa shape index (κ1) is 12.8. The third kappa shape index (κ3) is 3.01. The maximum Gasteiger partial charge on any atom is 0.231 e. The smallest absolute Gasteiger partial charge is 0.231 e. The predicted molar refractivity (Wildman–Crippen MR) is 74.5 cm³/mol. The van der Waals surface area contributed by atoms with Crippen molar-refractivity contribution in [1.82, 2.24) is 10.6 Å². The zero-order chi connectivity index (χ0) is 13.3. The normalized spacial score (nSPS) is 24.4. The third-order valence-electron chi connectivity index (χ3n) is 3.88. The second-order valence-corrected chi connectivity index (χ2v) is 6.07. The van der Waals surface area contributed by atoms with E-state index in [0.29, 0.717) is 12.8 Å². The van der Waals surface area contributed by atoms with Crippen LogP contribution in [0.5, 0.6) is 11.5 Å². The molecule has 1 saturated heterocycles. The molecule has 104 valence electrons. The molecule has 0 spiro atoms. The molecule has 2 aliphatic rings. The fourth-order valence-corrected chi connectivity index (χ4v) is 2.86. The average molecular weight is 262 g/mol. The number of benzene rings is 1. The van der Waals surface area contributed by atoms with E-state index >= 15 is 0 Å². The molecule has 19 heavy (non-hydrogen) atoms. The first-order chi connectivity index (χ1) is 9.12. The molecular formula is C15H22N2O2. The third-order valence-corrected chi connectivity index (χ3v) is 3.88. The fraction of sp³-hybridized carbons (Fsp3) is 0.600. The van der Waals surface area contributed by atoms with Crippen LogP contribution in [0, 0.1) is 0 Å². The van der Waals surface area contributed by atoms with Gasteiger partial charge in [0, 0.05) is 18.1 Å². The van der Waals surface area contributed by atoms with Gasteiger partial charge in [-0.2, -0.15) is 0 Å². The first-order valence-electron chi connectivity index (χ1n) is 6.99. The molecule has 1 atom stereocenters. The molecule has 2 heterocycles. The van der Waals surface area contributed by atoms with Crippen LogP contribution in [0.3, 0.4) is 0 Å². The lowest BCUT2D eigenvalue weighted by Crippen LogP contribution is -2.51. The van der Waals surface area contributed by atoms with Gasteiger partial charge in [-0.25, -0.2) is 0 Å². The molecule has 1 aromatic carbocycles. The largest absolute Gasteiger partial charge is 0.454 e. The monoisotopic (exact) mass is 262 g/mol. The van der Waals surface area contributed by atoms with Gasteiger partial charge >= 0.3 is 0 Å². The lowest BCUT2D eigenvalue weighted by atomic mass is 9.89. The van der Waals surface area contributed by atoms with Gasteiger partial charge in [-0.1, -0.05) is 6.07 Å². The number of hydrogen-bond acceptors (Lipinski definition) is 4. The fourth-order valence-electron chi connectivity index (χ4n) is 2.86. The van der Waals surface area contributed by atoms with Crippen molar-refractivity contribution in [3.05, 3.63) is 23.8 Å². The van der Waals surface area contributed by atoms with Crippen molar-refractivity contribution in [2.24, 2.45) is 0 Å². The molecule has 0 bridgehead atoms. The van der Waals surface area contributed by atoms with Crippen LogP contribution in [0.25, 0.3) is 0 Å². The lowest BCUT2D eigenvalue weighted by molar-refractivity contribution is 0.174. The van der Waals surface area contributed by atoms with E-state index in [9.17, 15) is 0 Å². The highest BCUT2D eigenvalue weighted by atomic mass is 16.7. The van der Waals surface area contributed by atoms with Gasteiger partial charge in [0.2, 0.25) is 6.79 Å². The topological polar surface area (TPSA) is 42.5 Å². The van der Waals surface area contributed by atoms with Gasteiger partial charge < -0.3 is 20.1 Å². The molecule has 0 radical (unpaired) electrons. The van der Waals surface area contributed by atoms with Crippen LogP contribution in [-0.4, -0.2) is 24.9 Å². The molecule has 1 aromatic rings. The molecule has 3 rings (SSSR count). The van der Waals surface area contributed by atoms with Crippen LogP contribution < -0.4 is 20.1 Å². The molecule has 4 heteroatoms. The van der Waals surface area contributed by atoms with E-state index < -0.39 is 0 Å². The van der Waals surface area contributed by atoms with Crippen LogP contribution in [-0.2, 0) is 6.54 Å². The Morgan fingerprint density at radius 2 is 2.16 bits per heavy atom. The van der Waals surface area contributed by atoms with Gasteiger partial charge in [-0.05, 0) is 50.9 Å². The zero-order valence-corrected chi connectivity index (χ0v) is 11.7. The predicted octanol–water partition coefficient (Wildman–Crippen LogP) is 2.04. The minimum atomic E-state index is 0.241. The number of ether oxygens (including phenoxy) is 2. The van der Waals surface area contributed by atoms with E-state index in [4.69, 9.17) is 9.47 Å². The van der Waals surface area contributed by atoms with E-state index in [1.165, 1.54) is 12.0 Å². The van der Waals surface area contributed by atoms with Gasteiger partial charge in [0.15, 0.2) is 11.5 Å². The molecule has 2 N–H and O–H groups in total. The summed E-state index contributed by atoms with van der Waals surface area (Å²) in [5.74, 6) is 1.72. The van der Waals surface area contributed by atoms with Gasteiger partial charge in [0.25, 0.3) is 0 Å². The molecule has 1 unspecified atom stereocenters. The summed E-state index contributed by atoms with van der Waals surface area (Å²) in [4.78, 5) is 0. The van der Waals surface area contributed by atoms with Gasteiger partial charge in [0.1, 0.15) is 0 Å². The van der Waals surface area contributed by atoms with Crippen LogP contribution in [0.15, 0.2) is 18.2 Å². The number of nitrogens with one attached hydrogen (secondary N) is 2. The van der Waals surface area contributed by atoms with E-state index in [-0.39, 0.29) is 5.54 Å². The average Bonchev–Trinajstić information content (AvgIpc) is 2.82. The zero-order valence-electron chi connectivity index (χ0n) is 11.7. The van der Waals surface area contributed by atoms with Crippen molar-refractivity contribution in [2.75, 3.05) is 13.3 Å². The molecule has 0 amide bonds. The van der Waals surface area contributed by atoms with Crippen molar-refractivity contribution < 1.29 is 9.47 Å². The highest BCUT2D eigenvalue weighted by Gasteiger charge is 2.26. The van der Waals surface area contributed by atoms with Crippen LogP contribution in [0.4, 0.5) is 0 Å². The minimum Gasteiger partial charge on any atom is -0.454 e. The van der Waals surface area contributed by atoms with Crippen molar-refractivity contribution >= 4 is 0 Å². The van der Waals surface area contributed by atoms with E-state index in [1.54, 1.807) is 0 Å². The Morgan fingerprint density at radius 3 is 3.00 bits per heavy atom. The van der Waals surface area contributed by atoms with E-state index in [2.05, 4.69) is 36.6 Å². The summed E-state index contributed by atoms with van der Waals surface area (Å²) in [5.41, 5.74) is 1.49. The standard InChI is InChI=1S/C15H22N2O2/c1-15(2)8-12(5-6-17-15)16-9-11-3-4-13-14(7-11)19-10-18-13/h3-4,7,12,16-17H,5-6,8-10H2,1-2H3. The summed E-state index contributed by atoms with van der Waals surface area (Å²) in [6, 6.07) is 6.75. The van der Waals surface area contributed by atoms with Gasteiger partial charge in [0.05, 0.1) is 0 Å². The molecule has 0 aliphatic carbocycles. The Labute approximate surface area is 114 Å². The molecule has 1 fully saturated rings. The van der Waals surface area contributed by atoms with Crippen LogP contribution in [0.2, 0.25) is 0 Å². The molecular weight excluding hydrogens is 240 g/mol. The van der Waals surface area contributed by atoms with Crippen molar-refractivity contribution in [1.29, 1.82) is 0 Å². The quantitative estimate of drug-likeness (QED) is 0.875. The Bertz CT molecular complexity index is 459. The first-order valence-corrected chi connectivity index (χ1v) is 6.99. The van der Waals surface area contributed by atoms with Crippen molar-refractivity contribution in [3.8, 4) is 11.5 Å². The Hall–Kier alpha value is -1.26. The molecule has 2 aliphatic heterocycles. The van der Waals surface area contributed by atoms with Gasteiger partial charge in [-0.15, -0.1) is 0 Å². The van der Waals surface area contributed by atoms with Crippen LogP contribution >= 0.6 is 0 Å². The Kier molecular flexibility index (Phi) is 3.37. The second kappa shape index (κ2) is 5.02. The van der Waals surface area contributed by atoms with Crippen molar-refractivity contribution in [2.45, 2.75) is 44.8 Å². The summed E-state index contributed by atoms with van der Waals surface area (Å²) in [6.45, 7) is 6.85. The minimum absolute atomic E-state index is 0.241. The molecule has 0 saturated carbocycles. The van der Waals surface area contributed by atoms with Gasteiger partial charge in [-0.3, -0.25) is 0 Å². The van der Waals surface area contributed by atoms with Crippen molar-refractivity contribution in [3.63, 3.8) is 0 Å². The molecule has 4 nitrogen and oxygen atoms in total. The van der Waals surface area contributed by atoms with E-state index in [0.717, 1.165) is 31.0 Å². The summed E-state index contributed by atoms with van der Waals surface area (Å²) >= 11 is 0. The lowest BCUT2D eigenvalue weighted by Gasteiger charge is -2.37. The maximum absolute atomic E-state index is 5.40.